The number of likely N-dealkylation sites (tertiary alicyclic amines) is 1. The van der Waals surface area contributed by atoms with Gasteiger partial charge in [0.2, 0.25) is 11.3 Å². The van der Waals surface area contributed by atoms with E-state index in [4.69, 9.17) is 20.7 Å². The number of β-lactam (4-membered cyclic amide) rings is 1. The van der Waals surface area contributed by atoms with Crippen molar-refractivity contribution in [3.8, 4) is 5.75 Å². The zero-order valence-electron chi connectivity index (χ0n) is 15.7. The van der Waals surface area contributed by atoms with Crippen molar-refractivity contribution in [2.75, 3.05) is 13.6 Å². The topological polar surface area (TPSA) is 232 Å². The molecule has 7 N–H and O–H groups in total. The van der Waals surface area contributed by atoms with E-state index in [9.17, 15) is 40.8 Å². The molecule has 2 rings (SSSR count). The maximum Gasteiger partial charge on any atom is 0.490 e. The Balaban J connectivity index is 0.000000633. The summed E-state index contributed by atoms with van der Waals surface area (Å²) in [6.07, 6.45) is -4.22. The number of hydrazine groups is 1. The first-order chi connectivity index (χ1) is 14.5. The number of carbonyl (C=O) groups is 4. The second-order valence-corrected chi connectivity index (χ2v) is 7.21. The van der Waals surface area contributed by atoms with Crippen molar-refractivity contribution in [2.24, 2.45) is 5.73 Å². The first-order valence-electron chi connectivity index (χ1n) is 7.87. The smallest absolute Gasteiger partial charge is 0.490 e. The summed E-state index contributed by atoms with van der Waals surface area (Å²) in [7, 11) is -3.52. The lowest BCUT2D eigenvalue weighted by atomic mass is 10.1. The van der Waals surface area contributed by atoms with Crippen molar-refractivity contribution in [1.82, 2.24) is 24.4 Å². The maximum absolute atomic E-state index is 12.0. The third-order valence-corrected chi connectivity index (χ3v) is 4.31. The molecule has 0 aliphatic carbocycles. The summed E-state index contributed by atoms with van der Waals surface area (Å²) in [5.74, 6) is -5.09. The van der Waals surface area contributed by atoms with Gasteiger partial charge in [-0.2, -0.15) is 21.6 Å². The highest BCUT2D eigenvalue weighted by molar-refractivity contribution is 7.88. The molecule has 4 amide bonds. The standard InChI is InChI=1S/C11H14N6O7S.C2HF3O2/c1-16(10(21)6-2-7(18)8(19)3-13-6)15-25(23,24)14-11(22)17-4-5(12)9(17)20;3-2(4,5)1(6)7/h2-3,5,15,19H,4,12H2,1H3,(H,13,18)(H,14,22);(H,6,7). The molecule has 1 aromatic heterocycles. The number of aromatic amines is 1. The molecule has 32 heavy (non-hydrogen) atoms. The van der Waals surface area contributed by atoms with Crippen molar-refractivity contribution in [2.45, 2.75) is 12.2 Å². The number of H-pyrrole nitrogens is 1. The lowest BCUT2D eigenvalue weighted by molar-refractivity contribution is -0.192. The Morgan fingerprint density at radius 1 is 1.31 bits per heavy atom. The molecule has 1 atom stereocenters. The summed E-state index contributed by atoms with van der Waals surface area (Å²) in [6, 6.07) is -1.32. The van der Waals surface area contributed by atoms with Gasteiger partial charge in [-0.1, -0.05) is 0 Å². The number of carboxylic acid groups (broad SMARTS) is 1. The number of aliphatic carboxylic acids is 1. The Hall–Kier alpha value is -3.71. The van der Waals surface area contributed by atoms with E-state index in [1.54, 1.807) is 4.83 Å². The molecule has 15 nitrogen and oxygen atoms in total. The molecule has 0 spiro atoms. The number of imide groups is 1. The minimum absolute atomic E-state index is 0.135. The van der Waals surface area contributed by atoms with Crippen molar-refractivity contribution in [1.29, 1.82) is 0 Å². The number of halogens is 3. The van der Waals surface area contributed by atoms with E-state index < -0.39 is 57.4 Å². The number of carboxylic acids is 1. The zero-order valence-corrected chi connectivity index (χ0v) is 16.5. The first-order valence-corrected chi connectivity index (χ1v) is 9.35. The van der Waals surface area contributed by atoms with E-state index in [0.29, 0.717) is 9.91 Å². The van der Waals surface area contributed by atoms with Crippen LogP contribution in [0.1, 0.15) is 10.5 Å². The molecule has 178 valence electrons. The van der Waals surface area contributed by atoms with E-state index in [-0.39, 0.29) is 12.2 Å². The highest BCUT2D eigenvalue weighted by Gasteiger charge is 2.40. The number of nitrogens with two attached hydrogens (primary N) is 1. The Morgan fingerprint density at radius 3 is 2.25 bits per heavy atom. The molecule has 0 radical (unpaired) electrons. The van der Waals surface area contributed by atoms with Gasteiger partial charge in [0, 0.05) is 19.3 Å². The largest absolute Gasteiger partial charge is 0.503 e. The van der Waals surface area contributed by atoms with Gasteiger partial charge >= 0.3 is 28.4 Å². The minimum atomic E-state index is -5.08. The van der Waals surface area contributed by atoms with Crippen LogP contribution in [0.25, 0.3) is 0 Å². The van der Waals surface area contributed by atoms with Gasteiger partial charge in [-0.25, -0.2) is 14.3 Å². The van der Waals surface area contributed by atoms with E-state index in [0.717, 1.165) is 19.3 Å². The quantitative estimate of drug-likeness (QED) is 0.191. The molecule has 19 heteroatoms. The Labute approximate surface area is 175 Å². The molecule has 0 bridgehead atoms. The van der Waals surface area contributed by atoms with Crippen LogP contribution in [-0.2, 0) is 19.8 Å². The minimum Gasteiger partial charge on any atom is -0.503 e. The fraction of sp³-hybridized carbons (Fsp3) is 0.308. The molecule has 0 saturated carbocycles. The third kappa shape index (κ3) is 6.92. The number of nitrogens with zero attached hydrogens (tertiary/aromatic N) is 2. The number of amides is 4. The van der Waals surface area contributed by atoms with Crippen LogP contribution in [0.3, 0.4) is 0 Å². The highest BCUT2D eigenvalue weighted by atomic mass is 32.2. The van der Waals surface area contributed by atoms with Gasteiger partial charge in [-0.3, -0.25) is 24.3 Å². The van der Waals surface area contributed by atoms with Gasteiger partial charge in [0.05, 0.1) is 6.54 Å². The second kappa shape index (κ2) is 9.62. The summed E-state index contributed by atoms with van der Waals surface area (Å²) in [5, 5.41) is 16.7. The molecule has 1 aromatic rings. The van der Waals surface area contributed by atoms with Crippen LogP contribution < -0.4 is 20.7 Å². The predicted molar refractivity (Wildman–Crippen MR) is 94.8 cm³/mol. The number of alkyl halides is 3. The van der Waals surface area contributed by atoms with Crippen molar-refractivity contribution < 1.29 is 51.0 Å². The second-order valence-electron chi connectivity index (χ2n) is 5.82. The van der Waals surface area contributed by atoms with Crippen LogP contribution in [0.15, 0.2) is 17.1 Å². The predicted octanol–water partition coefficient (Wildman–Crippen LogP) is -2.59. The van der Waals surface area contributed by atoms with E-state index in [2.05, 4.69) is 4.98 Å². The fourth-order valence-electron chi connectivity index (χ4n) is 1.82. The molecule has 1 fully saturated rings. The lowest BCUT2D eigenvalue weighted by Crippen LogP contribution is -2.66. The number of nitrogens with one attached hydrogen (secondary N) is 3. The van der Waals surface area contributed by atoms with Crippen LogP contribution in [-0.4, -0.2) is 83.1 Å². The number of pyridine rings is 1. The average Bonchev–Trinajstić information content (AvgIpc) is 2.66. The number of carbonyl (C=O) groups excluding carboxylic acids is 3. The molecule has 1 saturated heterocycles. The summed E-state index contributed by atoms with van der Waals surface area (Å²) in [5.41, 5.74) is 4.12. The maximum atomic E-state index is 12.0. The van der Waals surface area contributed by atoms with Gasteiger partial charge in [-0.15, -0.1) is 4.83 Å². The van der Waals surface area contributed by atoms with Gasteiger partial charge < -0.3 is 20.9 Å². The van der Waals surface area contributed by atoms with Gasteiger partial charge in [0.25, 0.3) is 5.91 Å². The third-order valence-electron chi connectivity index (χ3n) is 3.36. The van der Waals surface area contributed by atoms with Gasteiger partial charge in [0.1, 0.15) is 11.7 Å². The van der Waals surface area contributed by atoms with Crippen LogP contribution >= 0.6 is 0 Å². The van der Waals surface area contributed by atoms with Crippen LogP contribution in [0, 0.1) is 0 Å². The average molecular weight is 488 g/mol. The Kier molecular flexibility index (Phi) is 7.91. The van der Waals surface area contributed by atoms with E-state index >= 15 is 0 Å². The highest BCUT2D eigenvalue weighted by Crippen LogP contribution is 2.13. The van der Waals surface area contributed by atoms with E-state index in [1.165, 1.54) is 4.72 Å². The SMILES string of the molecule is CN(NS(=O)(=O)NC(=O)N1CC(N)C1=O)C(=O)c1cc(=O)c(O)c[nH]1.O=C(O)C(F)(F)F. The summed E-state index contributed by atoms with van der Waals surface area (Å²) >= 11 is 0. The molecule has 2 heterocycles. The molecular formula is C13H15F3N6O9S. The van der Waals surface area contributed by atoms with Crippen molar-refractivity contribution >= 4 is 34.0 Å². The van der Waals surface area contributed by atoms with Crippen molar-refractivity contribution in [3.05, 3.63) is 28.2 Å². The Morgan fingerprint density at radius 2 is 1.84 bits per heavy atom. The molecule has 1 aliphatic rings. The van der Waals surface area contributed by atoms with Crippen molar-refractivity contribution in [3.63, 3.8) is 0 Å². The normalized spacial score (nSPS) is 15.7. The summed E-state index contributed by atoms with van der Waals surface area (Å²) < 4.78 is 56.9. The zero-order chi connectivity index (χ0) is 25.0. The summed E-state index contributed by atoms with van der Waals surface area (Å²) in [4.78, 5) is 59.7. The van der Waals surface area contributed by atoms with Crippen LogP contribution in [0.5, 0.6) is 5.75 Å². The van der Waals surface area contributed by atoms with E-state index in [1.807, 2.05) is 0 Å². The molecule has 0 aromatic carbocycles. The number of aromatic hydroxyl groups is 1. The Bertz CT molecular complexity index is 1090. The van der Waals surface area contributed by atoms with Crippen LogP contribution in [0.4, 0.5) is 18.0 Å². The monoisotopic (exact) mass is 488 g/mol. The molecule has 1 unspecified atom stereocenters. The number of aromatic nitrogens is 1. The van der Waals surface area contributed by atoms with Crippen LogP contribution in [0.2, 0.25) is 0 Å². The first kappa shape index (κ1) is 26.3. The van der Waals surface area contributed by atoms with Gasteiger partial charge in [0.15, 0.2) is 5.75 Å². The number of hydrogen-bond acceptors (Lipinski definition) is 9. The lowest BCUT2D eigenvalue weighted by Gasteiger charge is -2.33. The molecular weight excluding hydrogens is 473 g/mol. The summed E-state index contributed by atoms with van der Waals surface area (Å²) in [6.45, 7) is -0.135. The fourth-order valence-corrected chi connectivity index (χ4v) is 2.65. The van der Waals surface area contributed by atoms with Gasteiger partial charge in [-0.05, 0) is 0 Å². The molecule has 1 aliphatic heterocycles. The number of rotatable bonds is 4. The number of hydrogen-bond donors (Lipinski definition) is 6. The number of urea groups is 1.